The average Bonchev–Trinajstić information content (AvgIpc) is 3.37. The number of H-pyrrole nitrogens is 1. The molecular formula is C31H40N4O5S. The molecule has 1 amide bonds. The van der Waals surface area contributed by atoms with Gasteiger partial charge in [-0.1, -0.05) is 37.3 Å². The van der Waals surface area contributed by atoms with E-state index < -0.39 is 16.1 Å². The first-order valence-corrected chi connectivity index (χ1v) is 15.9. The number of nitrogens with zero attached hydrogens (tertiary/aromatic N) is 2. The van der Waals surface area contributed by atoms with Crippen LogP contribution in [0.5, 0.6) is 0 Å². The zero-order chi connectivity index (χ0) is 29.1. The van der Waals surface area contributed by atoms with Gasteiger partial charge in [0.1, 0.15) is 10.9 Å². The number of hydrogen-bond donors (Lipinski definition) is 2. The molecule has 1 saturated heterocycles. The van der Waals surface area contributed by atoms with Gasteiger partial charge >= 0.3 is 5.97 Å². The number of benzene rings is 2. The van der Waals surface area contributed by atoms with Crippen LogP contribution < -0.4 is 5.32 Å². The number of aromatic nitrogens is 1. The van der Waals surface area contributed by atoms with Crippen LogP contribution in [0.3, 0.4) is 0 Å². The van der Waals surface area contributed by atoms with Gasteiger partial charge in [0.15, 0.2) is 0 Å². The van der Waals surface area contributed by atoms with Crippen LogP contribution >= 0.6 is 0 Å². The van der Waals surface area contributed by atoms with Crippen LogP contribution in [-0.2, 0) is 37.2 Å². The molecular weight excluding hydrogens is 540 g/mol. The van der Waals surface area contributed by atoms with Gasteiger partial charge < -0.3 is 19.9 Å². The molecule has 1 fully saturated rings. The van der Waals surface area contributed by atoms with Crippen molar-refractivity contribution in [3.05, 3.63) is 59.8 Å². The van der Waals surface area contributed by atoms with Crippen molar-refractivity contribution in [3.8, 4) is 0 Å². The van der Waals surface area contributed by atoms with Crippen LogP contribution in [0.2, 0.25) is 0 Å². The van der Waals surface area contributed by atoms with Gasteiger partial charge in [0.05, 0.1) is 12.3 Å². The first-order valence-electron chi connectivity index (χ1n) is 14.5. The zero-order valence-corrected chi connectivity index (χ0v) is 24.9. The van der Waals surface area contributed by atoms with E-state index in [-0.39, 0.29) is 23.2 Å². The van der Waals surface area contributed by atoms with Crippen molar-refractivity contribution in [1.82, 2.24) is 14.2 Å². The minimum absolute atomic E-state index is 0.189. The zero-order valence-electron chi connectivity index (χ0n) is 24.1. The SMILES string of the molecule is CC(=O)OCCC1CCN(C(=O)[C@H](Cc2c[nH]c3ccccc23)N(C)S(=O)(=O)c2cccc3c2NCC(C)C3)CC1. The molecule has 0 aliphatic carbocycles. The number of piperidine rings is 1. The number of hydrogen-bond acceptors (Lipinski definition) is 6. The summed E-state index contributed by atoms with van der Waals surface area (Å²) in [5.74, 6) is 0.292. The maximum Gasteiger partial charge on any atom is 0.302 e. The minimum atomic E-state index is -4.00. The molecule has 3 heterocycles. The Morgan fingerprint density at radius 2 is 1.88 bits per heavy atom. The molecule has 2 atom stereocenters. The lowest BCUT2D eigenvalue weighted by Crippen LogP contribution is -2.52. The van der Waals surface area contributed by atoms with Gasteiger partial charge in [-0.15, -0.1) is 0 Å². The van der Waals surface area contributed by atoms with Crippen molar-refractivity contribution in [2.75, 3.05) is 38.6 Å². The molecule has 1 unspecified atom stereocenters. The summed E-state index contributed by atoms with van der Waals surface area (Å²) in [4.78, 5) is 30.5. The second kappa shape index (κ2) is 12.2. The third kappa shape index (κ3) is 6.28. The van der Waals surface area contributed by atoms with E-state index in [1.807, 2.05) is 36.5 Å². The van der Waals surface area contributed by atoms with Gasteiger partial charge in [0, 0.05) is 57.1 Å². The number of carbonyl (C=O) groups excluding carboxylic acids is 2. The van der Waals surface area contributed by atoms with E-state index in [0.29, 0.717) is 43.8 Å². The number of aromatic amines is 1. The molecule has 9 nitrogen and oxygen atoms in total. The standard InChI is InChI=1S/C31H40N4O5S/c1-21-17-24-7-6-10-29(30(24)33-19-21)41(38,39)34(3)28(18-25-20-32-27-9-5-4-8-26(25)27)31(37)35-14-11-23(12-15-35)13-16-40-22(2)36/h4-10,20-21,23,28,32-33H,11-19H2,1-3H3/t21?,28-/m0/s1. The molecule has 2 aliphatic heterocycles. The maximum absolute atomic E-state index is 14.2. The Morgan fingerprint density at radius 3 is 2.63 bits per heavy atom. The number of ether oxygens (including phenoxy) is 1. The number of sulfonamides is 1. The Hall–Kier alpha value is -3.37. The topological polar surface area (TPSA) is 112 Å². The van der Waals surface area contributed by atoms with Crippen molar-refractivity contribution < 1.29 is 22.7 Å². The third-order valence-corrected chi connectivity index (χ3v) is 10.4. The number of likely N-dealkylation sites (N-methyl/N-ethyl adjacent to an activating group) is 1. The molecule has 2 aliphatic rings. The van der Waals surface area contributed by atoms with Gasteiger partial charge in [-0.25, -0.2) is 8.42 Å². The number of carbonyl (C=O) groups is 2. The molecule has 220 valence electrons. The van der Waals surface area contributed by atoms with Gasteiger partial charge in [-0.3, -0.25) is 9.59 Å². The predicted octanol–water partition coefficient (Wildman–Crippen LogP) is 4.20. The van der Waals surface area contributed by atoms with Crippen molar-refractivity contribution in [2.45, 2.75) is 56.9 Å². The summed E-state index contributed by atoms with van der Waals surface area (Å²) in [5, 5.41) is 4.31. The summed E-state index contributed by atoms with van der Waals surface area (Å²) < 4.78 is 34.8. The number of rotatable bonds is 9. The fourth-order valence-electron chi connectivity index (χ4n) is 6.11. The maximum atomic E-state index is 14.2. The Bertz CT molecular complexity index is 1510. The molecule has 41 heavy (non-hydrogen) atoms. The van der Waals surface area contributed by atoms with Gasteiger partial charge in [0.25, 0.3) is 0 Å². The number of amides is 1. The average molecular weight is 581 g/mol. The van der Waals surface area contributed by atoms with Crippen LogP contribution in [0.25, 0.3) is 10.9 Å². The first kappa shape index (κ1) is 29.1. The van der Waals surface area contributed by atoms with E-state index in [1.54, 1.807) is 17.0 Å². The van der Waals surface area contributed by atoms with Gasteiger partial charge in [-0.05, 0) is 60.8 Å². The quantitative estimate of drug-likeness (QED) is 0.367. The molecule has 2 N–H and O–H groups in total. The first-order chi connectivity index (χ1) is 19.6. The molecule has 5 rings (SSSR count). The highest BCUT2D eigenvalue weighted by Gasteiger charge is 2.38. The second-order valence-electron chi connectivity index (χ2n) is 11.5. The van der Waals surface area contributed by atoms with Crippen molar-refractivity contribution in [1.29, 1.82) is 0 Å². The number of anilines is 1. The van der Waals surface area contributed by atoms with E-state index in [9.17, 15) is 18.0 Å². The number of fused-ring (bicyclic) bond motifs is 2. The van der Waals surface area contributed by atoms with E-state index >= 15 is 0 Å². The lowest BCUT2D eigenvalue weighted by Gasteiger charge is -2.37. The number of para-hydroxylation sites is 2. The monoisotopic (exact) mass is 580 g/mol. The molecule has 2 aromatic carbocycles. The van der Waals surface area contributed by atoms with E-state index in [1.165, 1.54) is 18.3 Å². The van der Waals surface area contributed by atoms with Crippen LogP contribution in [0, 0.1) is 11.8 Å². The summed E-state index contributed by atoms with van der Waals surface area (Å²) in [5.41, 5.74) is 3.47. The lowest BCUT2D eigenvalue weighted by atomic mass is 9.93. The normalized spacial score (nSPS) is 18.6. The summed E-state index contributed by atoms with van der Waals surface area (Å²) >= 11 is 0. The summed E-state index contributed by atoms with van der Waals surface area (Å²) in [6.07, 6.45) is 5.28. The Balaban J connectivity index is 1.41. The Labute approximate surface area is 242 Å². The largest absolute Gasteiger partial charge is 0.466 e. The van der Waals surface area contributed by atoms with E-state index in [0.717, 1.165) is 47.7 Å². The number of likely N-dealkylation sites (tertiary alicyclic amines) is 1. The number of esters is 1. The smallest absolute Gasteiger partial charge is 0.302 e. The molecule has 0 spiro atoms. The van der Waals surface area contributed by atoms with Crippen LogP contribution in [0.4, 0.5) is 5.69 Å². The van der Waals surface area contributed by atoms with Crippen LogP contribution in [0.1, 0.15) is 44.2 Å². The molecule has 0 saturated carbocycles. The summed E-state index contributed by atoms with van der Waals surface area (Å²) in [6.45, 7) is 5.71. The molecule has 0 radical (unpaired) electrons. The van der Waals surface area contributed by atoms with E-state index in [2.05, 4.69) is 17.2 Å². The predicted molar refractivity (Wildman–Crippen MR) is 159 cm³/mol. The van der Waals surface area contributed by atoms with E-state index in [4.69, 9.17) is 4.74 Å². The molecule has 3 aromatic rings. The molecule has 1 aromatic heterocycles. The van der Waals surface area contributed by atoms with Gasteiger partial charge in [0.2, 0.25) is 15.9 Å². The van der Waals surface area contributed by atoms with Crippen LogP contribution in [-0.4, -0.2) is 73.8 Å². The molecule has 10 heteroatoms. The summed E-state index contributed by atoms with van der Waals surface area (Å²) in [7, 11) is -2.47. The van der Waals surface area contributed by atoms with Crippen LogP contribution in [0.15, 0.2) is 53.6 Å². The minimum Gasteiger partial charge on any atom is -0.466 e. The fraction of sp³-hybridized carbons (Fsp3) is 0.484. The Morgan fingerprint density at radius 1 is 1.12 bits per heavy atom. The highest BCUT2D eigenvalue weighted by Crippen LogP contribution is 2.34. The van der Waals surface area contributed by atoms with Crippen molar-refractivity contribution >= 4 is 38.5 Å². The Kier molecular flexibility index (Phi) is 8.70. The van der Waals surface area contributed by atoms with Gasteiger partial charge in [-0.2, -0.15) is 4.31 Å². The summed E-state index contributed by atoms with van der Waals surface area (Å²) in [6, 6.07) is 12.3. The highest BCUT2D eigenvalue weighted by molar-refractivity contribution is 7.89. The van der Waals surface area contributed by atoms with Crippen molar-refractivity contribution in [3.63, 3.8) is 0 Å². The molecule has 0 bridgehead atoms. The van der Waals surface area contributed by atoms with Crippen molar-refractivity contribution in [2.24, 2.45) is 11.8 Å². The fourth-order valence-corrected chi connectivity index (χ4v) is 7.63. The lowest BCUT2D eigenvalue weighted by molar-refractivity contribution is -0.141. The number of nitrogens with one attached hydrogen (secondary N) is 2. The highest BCUT2D eigenvalue weighted by atomic mass is 32.2. The second-order valence-corrected chi connectivity index (χ2v) is 13.4. The third-order valence-electron chi connectivity index (χ3n) is 8.54.